The van der Waals surface area contributed by atoms with Gasteiger partial charge < -0.3 is 4.57 Å². The molecule has 1 nitrogen and oxygen atoms in total. The second-order valence-corrected chi connectivity index (χ2v) is 6.43. The van der Waals surface area contributed by atoms with Crippen molar-refractivity contribution in [2.24, 2.45) is 0 Å². The summed E-state index contributed by atoms with van der Waals surface area (Å²) in [6.07, 6.45) is 25.3. The predicted octanol–water partition coefficient (Wildman–Crippen LogP) is 6.77. The average Bonchev–Trinajstić information content (AvgIpc) is 3.01. The molecule has 0 aliphatic rings. The maximum Gasteiger partial charge on any atom is 0.0647 e. The predicted molar refractivity (Wildman–Crippen MR) is 93.6 cm³/mol. The smallest absolute Gasteiger partial charge is 0.0647 e. The van der Waals surface area contributed by atoms with Crippen LogP contribution in [0.4, 0.5) is 0 Å². The normalized spacial score (nSPS) is 11.1. The lowest BCUT2D eigenvalue weighted by Crippen LogP contribution is -1.94. The summed E-state index contributed by atoms with van der Waals surface area (Å²) >= 11 is 0. The molecule has 1 heteroatoms. The van der Waals surface area contributed by atoms with Crippen molar-refractivity contribution in [2.75, 3.05) is 0 Å². The molecule has 1 radical (unpaired) electrons. The summed E-state index contributed by atoms with van der Waals surface area (Å²) in [5.41, 5.74) is 0. The zero-order chi connectivity index (χ0) is 15.0. The second kappa shape index (κ2) is 14.2. The Morgan fingerprint density at radius 3 is 1.57 bits per heavy atom. The molecule has 1 aromatic rings. The van der Waals surface area contributed by atoms with Crippen LogP contribution in [0.15, 0.2) is 18.3 Å². The molecule has 0 aliphatic carbocycles. The molecule has 0 spiro atoms. The third-order valence-electron chi connectivity index (χ3n) is 4.36. The number of unbranched alkanes of at least 4 members (excludes halogenated alkanes) is 13. The Labute approximate surface area is 133 Å². The van der Waals surface area contributed by atoms with E-state index in [0.717, 1.165) is 6.54 Å². The second-order valence-electron chi connectivity index (χ2n) is 6.43. The maximum atomic E-state index is 3.20. The van der Waals surface area contributed by atoms with Gasteiger partial charge in [0, 0.05) is 12.7 Å². The van der Waals surface area contributed by atoms with E-state index in [-0.39, 0.29) is 0 Å². The molecule has 1 aromatic heterocycles. The van der Waals surface area contributed by atoms with Gasteiger partial charge in [0.2, 0.25) is 0 Å². The summed E-state index contributed by atoms with van der Waals surface area (Å²) in [6.45, 7) is 3.43. The van der Waals surface area contributed by atoms with E-state index in [4.69, 9.17) is 0 Å². The number of hydrogen-bond acceptors (Lipinski definition) is 0. The summed E-state index contributed by atoms with van der Waals surface area (Å²) in [4.78, 5) is 0. The first-order valence-electron chi connectivity index (χ1n) is 9.46. The van der Waals surface area contributed by atoms with E-state index in [2.05, 4.69) is 30.0 Å². The Balaban J connectivity index is 1.69. The van der Waals surface area contributed by atoms with E-state index < -0.39 is 0 Å². The van der Waals surface area contributed by atoms with Crippen LogP contribution in [0.5, 0.6) is 0 Å². The molecule has 0 amide bonds. The molecule has 121 valence electrons. The number of aromatic nitrogens is 1. The van der Waals surface area contributed by atoms with Crippen LogP contribution in [0.2, 0.25) is 0 Å². The molecule has 0 saturated heterocycles. The molecule has 0 saturated carbocycles. The van der Waals surface area contributed by atoms with Crippen LogP contribution in [0.1, 0.15) is 96.8 Å². The van der Waals surface area contributed by atoms with E-state index in [1.165, 1.54) is 89.9 Å². The van der Waals surface area contributed by atoms with Gasteiger partial charge in [-0.2, -0.15) is 0 Å². The van der Waals surface area contributed by atoms with Crippen molar-refractivity contribution < 1.29 is 0 Å². The lowest BCUT2D eigenvalue weighted by atomic mass is 10.0. The molecule has 0 aliphatic heterocycles. The van der Waals surface area contributed by atoms with E-state index >= 15 is 0 Å². The quantitative estimate of drug-likeness (QED) is 0.314. The summed E-state index contributed by atoms with van der Waals surface area (Å²) in [7, 11) is 0. The highest BCUT2D eigenvalue weighted by molar-refractivity contribution is 4.88. The van der Waals surface area contributed by atoms with Gasteiger partial charge in [-0.15, -0.1) is 0 Å². The molecule has 0 aromatic carbocycles. The van der Waals surface area contributed by atoms with Crippen molar-refractivity contribution in [2.45, 2.75) is 103 Å². The molecule has 0 N–H and O–H groups in total. The van der Waals surface area contributed by atoms with Gasteiger partial charge in [0.05, 0.1) is 6.20 Å². The zero-order valence-corrected chi connectivity index (χ0v) is 14.3. The summed E-state index contributed by atoms with van der Waals surface area (Å²) in [6, 6.07) is 4.05. The van der Waals surface area contributed by atoms with Crippen LogP contribution in [0, 0.1) is 6.20 Å². The third-order valence-corrected chi connectivity index (χ3v) is 4.36. The largest absolute Gasteiger partial charge is 0.346 e. The first-order chi connectivity index (χ1) is 10.4. The standard InChI is InChI=1S/C20H36N/c1-2-3-4-5-6-7-8-9-10-11-12-13-14-15-18-21-19-16-17-20-21/h16-17,19H,2-15,18H2,1H3. The molecule has 1 heterocycles. The lowest BCUT2D eigenvalue weighted by Gasteiger charge is -2.04. The fourth-order valence-electron chi connectivity index (χ4n) is 2.94. The van der Waals surface area contributed by atoms with Gasteiger partial charge >= 0.3 is 0 Å². The molecular weight excluding hydrogens is 254 g/mol. The van der Waals surface area contributed by atoms with Gasteiger partial charge in [-0.05, 0) is 18.6 Å². The van der Waals surface area contributed by atoms with Crippen molar-refractivity contribution in [3.8, 4) is 0 Å². The highest BCUT2D eigenvalue weighted by atomic mass is 14.9. The van der Waals surface area contributed by atoms with Crippen LogP contribution >= 0.6 is 0 Å². The van der Waals surface area contributed by atoms with Crippen LogP contribution in [0.25, 0.3) is 0 Å². The highest BCUT2D eigenvalue weighted by Crippen LogP contribution is 2.13. The number of rotatable bonds is 15. The van der Waals surface area contributed by atoms with Gasteiger partial charge in [0.1, 0.15) is 0 Å². The van der Waals surface area contributed by atoms with E-state index in [0.29, 0.717) is 0 Å². The topological polar surface area (TPSA) is 4.93 Å². The van der Waals surface area contributed by atoms with Gasteiger partial charge in [-0.3, -0.25) is 0 Å². The maximum absolute atomic E-state index is 3.20. The minimum atomic E-state index is 1.14. The molecule has 1 rings (SSSR count). The van der Waals surface area contributed by atoms with Crippen molar-refractivity contribution >= 4 is 0 Å². The van der Waals surface area contributed by atoms with E-state index in [1.807, 2.05) is 6.07 Å². The molecule has 0 atom stereocenters. The van der Waals surface area contributed by atoms with Crippen molar-refractivity contribution in [3.63, 3.8) is 0 Å². The number of nitrogens with zero attached hydrogens (tertiary/aromatic N) is 1. The summed E-state index contributed by atoms with van der Waals surface area (Å²) < 4.78 is 2.17. The number of aryl methyl sites for hydroxylation is 1. The average molecular weight is 291 g/mol. The minimum absolute atomic E-state index is 1.14. The van der Waals surface area contributed by atoms with E-state index in [9.17, 15) is 0 Å². The Morgan fingerprint density at radius 2 is 1.14 bits per heavy atom. The molecule has 0 fully saturated rings. The Morgan fingerprint density at radius 1 is 0.667 bits per heavy atom. The zero-order valence-electron chi connectivity index (χ0n) is 14.3. The fraction of sp³-hybridized carbons (Fsp3) is 0.800. The summed E-state index contributed by atoms with van der Waals surface area (Å²) in [5, 5.41) is 0. The van der Waals surface area contributed by atoms with Gasteiger partial charge in [0.25, 0.3) is 0 Å². The van der Waals surface area contributed by atoms with Crippen LogP contribution in [0.3, 0.4) is 0 Å². The fourth-order valence-corrected chi connectivity index (χ4v) is 2.94. The number of hydrogen-bond donors (Lipinski definition) is 0. The lowest BCUT2D eigenvalue weighted by molar-refractivity contribution is 0.524. The molecule has 0 bridgehead atoms. The van der Waals surface area contributed by atoms with Crippen LogP contribution in [-0.4, -0.2) is 4.57 Å². The van der Waals surface area contributed by atoms with Crippen molar-refractivity contribution in [3.05, 3.63) is 24.5 Å². The Bertz CT molecular complexity index is 289. The minimum Gasteiger partial charge on any atom is -0.346 e. The molecule has 21 heavy (non-hydrogen) atoms. The Hall–Kier alpha value is -0.720. The van der Waals surface area contributed by atoms with Crippen LogP contribution in [-0.2, 0) is 6.54 Å². The highest BCUT2D eigenvalue weighted by Gasteiger charge is 1.94. The first-order valence-corrected chi connectivity index (χ1v) is 9.46. The summed E-state index contributed by atoms with van der Waals surface area (Å²) in [5.74, 6) is 0. The van der Waals surface area contributed by atoms with Crippen molar-refractivity contribution in [1.29, 1.82) is 0 Å². The molecular formula is C20H36N. The van der Waals surface area contributed by atoms with Crippen LogP contribution < -0.4 is 0 Å². The van der Waals surface area contributed by atoms with Crippen molar-refractivity contribution in [1.82, 2.24) is 4.57 Å². The van der Waals surface area contributed by atoms with Gasteiger partial charge in [0.15, 0.2) is 0 Å². The first kappa shape index (κ1) is 18.3. The monoisotopic (exact) mass is 290 g/mol. The third kappa shape index (κ3) is 11.6. The molecule has 0 unspecified atom stereocenters. The van der Waals surface area contributed by atoms with E-state index in [1.54, 1.807) is 0 Å². The van der Waals surface area contributed by atoms with Gasteiger partial charge in [-0.25, -0.2) is 0 Å². The van der Waals surface area contributed by atoms with Gasteiger partial charge in [-0.1, -0.05) is 90.4 Å². The SMILES string of the molecule is CCCCCCCCCCCCCCCCn1[c]ccc1. The Kier molecular flexibility index (Phi) is 12.4.